The van der Waals surface area contributed by atoms with Crippen LogP contribution in [0.25, 0.3) is 0 Å². The van der Waals surface area contributed by atoms with E-state index in [0.717, 1.165) is 5.76 Å². The highest BCUT2D eigenvalue weighted by Gasteiger charge is 2.17. The molecular formula is C11H14O3. The summed E-state index contributed by atoms with van der Waals surface area (Å²) in [6.07, 6.45) is 2.39. The van der Waals surface area contributed by atoms with Crippen LogP contribution in [0.15, 0.2) is 22.8 Å². The highest BCUT2D eigenvalue weighted by molar-refractivity contribution is 5.85. The molecule has 0 saturated carbocycles. The molecule has 0 N–H and O–H groups in total. The van der Waals surface area contributed by atoms with Crippen molar-refractivity contribution < 1.29 is 14.0 Å². The largest absolute Gasteiger partial charge is 0.469 e. The molecule has 3 heteroatoms. The number of ketones is 2. The fourth-order valence-corrected chi connectivity index (χ4v) is 1.38. The van der Waals surface area contributed by atoms with Gasteiger partial charge in [0.15, 0.2) is 0 Å². The first kappa shape index (κ1) is 10.7. The van der Waals surface area contributed by atoms with Crippen LogP contribution in [-0.4, -0.2) is 11.6 Å². The molecule has 1 heterocycles. The number of hydrogen-bond acceptors (Lipinski definition) is 3. The second kappa shape index (κ2) is 4.74. The predicted molar refractivity (Wildman–Crippen MR) is 51.9 cm³/mol. The Hall–Kier alpha value is -1.38. The first-order valence-electron chi connectivity index (χ1n) is 4.62. The first-order chi connectivity index (χ1) is 6.59. The quantitative estimate of drug-likeness (QED) is 0.720. The molecule has 3 nitrogen and oxygen atoms in total. The molecule has 0 saturated heterocycles. The van der Waals surface area contributed by atoms with Gasteiger partial charge in [0, 0.05) is 18.8 Å². The van der Waals surface area contributed by atoms with Gasteiger partial charge in [-0.1, -0.05) is 0 Å². The molecule has 14 heavy (non-hydrogen) atoms. The Balaban J connectivity index is 2.60. The fourth-order valence-electron chi connectivity index (χ4n) is 1.38. The van der Waals surface area contributed by atoms with Crippen LogP contribution in [0.1, 0.15) is 26.0 Å². The molecule has 0 radical (unpaired) electrons. The van der Waals surface area contributed by atoms with Crippen molar-refractivity contribution in [2.75, 3.05) is 0 Å². The number of carbonyl (C=O) groups excluding carboxylic acids is 2. The van der Waals surface area contributed by atoms with Crippen LogP contribution in [0.2, 0.25) is 0 Å². The molecule has 1 atom stereocenters. The predicted octanol–water partition coefficient (Wildman–Crippen LogP) is 2.01. The number of furan rings is 1. The van der Waals surface area contributed by atoms with Crippen molar-refractivity contribution >= 4 is 11.6 Å². The molecule has 0 fully saturated rings. The van der Waals surface area contributed by atoms with Crippen molar-refractivity contribution in [1.29, 1.82) is 0 Å². The molecular weight excluding hydrogens is 180 g/mol. The van der Waals surface area contributed by atoms with Gasteiger partial charge in [0.05, 0.1) is 6.26 Å². The minimum Gasteiger partial charge on any atom is -0.469 e. The molecule has 1 rings (SSSR count). The third-order valence-electron chi connectivity index (χ3n) is 2.14. The van der Waals surface area contributed by atoms with Gasteiger partial charge in [0.2, 0.25) is 0 Å². The van der Waals surface area contributed by atoms with Gasteiger partial charge in [-0.2, -0.15) is 0 Å². The number of carbonyl (C=O) groups is 2. The van der Waals surface area contributed by atoms with E-state index in [-0.39, 0.29) is 17.5 Å². The van der Waals surface area contributed by atoms with Crippen molar-refractivity contribution in [3.05, 3.63) is 24.2 Å². The molecule has 1 unspecified atom stereocenters. The van der Waals surface area contributed by atoms with Gasteiger partial charge in [-0.3, -0.25) is 4.79 Å². The lowest BCUT2D eigenvalue weighted by atomic mass is 9.94. The molecule has 0 aromatic carbocycles. The summed E-state index contributed by atoms with van der Waals surface area (Å²) < 4.78 is 5.13. The maximum atomic E-state index is 11.2. The zero-order chi connectivity index (χ0) is 10.6. The van der Waals surface area contributed by atoms with E-state index in [1.807, 2.05) is 6.07 Å². The summed E-state index contributed by atoms with van der Waals surface area (Å²) in [4.78, 5) is 22.1. The standard InChI is InChI=1S/C11H14O3/c1-8(12)6-10(9(2)13)7-11-4-3-5-14-11/h3-5,10H,6-7H2,1-2H3. The minimum absolute atomic E-state index is 0.0385. The first-order valence-corrected chi connectivity index (χ1v) is 4.62. The van der Waals surface area contributed by atoms with Crippen molar-refractivity contribution in [2.45, 2.75) is 26.7 Å². The van der Waals surface area contributed by atoms with Crippen LogP contribution in [-0.2, 0) is 16.0 Å². The highest BCUT2D eigenvalue weighted by Crippen LogP contribution is 2.14. The van der Waals surface area contributed by atoms with Crippen LogP contribution >= 0.6 is 0 Å². The number of Topliss-reactive ketones (excluding diaryl/α,β-unsaturated/α-hetero) is 2. The smallest absolute Gasteiger partial charge is 0.133 e. The Kier molecular flexibility index (Phi) is 3.63. The monoisotopic (exact) mass is 194 g/mol. The lowest BCUT2D eigenvalue weighted by Crippen LogP contribution is -2.16. The van der Waals surface area contributed by atoms with Crippen molar-refractivity contribution in [1.82, 2.24) is 0 Å². The number of rotatable bonds is 5. The van der Waals surface area contributed by atoms with Crippen molar-refractivity contribution in [3.63, 3.8) is 0 Å². The fraction of sp³-hybridized carbons (Fsp3) is 0.455. The Morgan fingerprint density at radius 2 is 2.14 bits per heavy atom. The summed E-state index contributed by atoms with van der Waals surface area (Å²) in [6.45, 7) is 3.01. The highest BCUT2D eigenvalue weighted by atomic mass is 16.3. The van der Waals surface area contributed by atoms with Gasteiger partial charge in [0.25, 0.3) is 0 Å². The Morgan fingerprint density at radius 3 is 2.57 bits per heavy atom. The van der Waals surface area contributed by atoms with Crippen LogP contribution < -0.4 is 0 Å². The second-order valence-electron chi connectivity index (χ2n) is 3.50. The maximum absolute atomic E-state index is 11.2. The van der Waals surface area contributed by atoms with E-state index in [1.165, 1.54) is 13.8 Å². The van der Waals surface area contributed by atoms with Crippen LogP contribution in [0, 0.1) is 5.92 Å². The lowest BCUT2D eigenvalue weighted by molar-refractivity contribution is -0.125. The van der Waals surface area contributed by atoms with Gasteiger partial charge in [-0.25, -0.2) is 0 Å². The molecule has 0 amide bonds. The molecule has 1 aromatic rings. The average molecular weight is 194 g/mol. The van der Waals surface area contributed by atoms with Gasteiger partial charge in [0.1, 0.15) is 17.3 Å². The molecule has 0 aliphatic rings. The van der Waals surface area contributed by atoms with E-state index >= 15 is 0 Å². The molecule has 0 bridgehead atoms. The van der Waals surface area contributed by atoms with Gasteiger partial charge >= 0.3 is 0 Å². The number of hydrogen-bond donors (Lipinski definition) is 0. The Labute approximate surface area is 83.1 Å². The third-order valence-corrected chi connectivity index (χ3v) is 2.14. The third kappa shape index (κ3) is 3.17. The van der Waals surface area contributed by atoms with Crippen LogP contribution in [0.3, 0.4) is 0 Å². The summed E-state index contributed by atoms with van der Waals surface area (Å²) >= 11 is 0. The van der Waals surface area contributed by atoms with E-state index in [0.29, 0.717) is 12.8 Å². The Morgan fingerprint density at radius 1 is 1.43 bits per heavy atom. The lowest BCUT2D eigenvalue weighted by Gasteiger charge is -2.09. The van der Waals surface area contributed by atoms with Gasteiger partial charge in [-0.05, 0) is 26.0 Å². The zero-order valence-corrected chi connectivity index (χ0v) is 8.45. The minimum atomic E-state index is -0.237. The van der Waals surface area contributed by atoms with Gasteiger partial charge in [-0.15, -0.1) is 0 Å². The summed E-state index contributed by atoms with van der Waals surface area (Å²) in [5, 5.41) is 0. The summed E-state index contributed by atoms with van der Waals surface area (Å²) in [7, 11) is 0. The van der Waals surface area contributed by atoms with Crippen LogP contribution in [0.5, 0.6) is 0 Å². The van der Waals surface area contributed by atoms with E-state index in [4.69, 9.17) is 4.42 Å². The Bertz CT molecular complexity index is 311. The SMILES string of the molecule is CC(=O)CC(Cc1ccco1)C(C)=O. The average Bonchev–Trinajstić information content (AvgIpc) is 2.54. The maximum Gasteiger partial charge on any atom is 0.133 e. The van der Waals surface area contributed by atoms with Crippen molar-refractivity contribution in [2.24, 2.45) is 5.92 Å². The molecule has 76 valence electrons. The second-order valence-corrected chi connectivity index (χ2v) is 3.50. The van der Waals surface area contributed by atoms with E-state index in [1.54, 1.807) is 12.3 Å². The molecule has 0 aliphatic heterocycles. The normalized spacial score (nSPS) is 12.4. The van der Waals surface area contributed by atoms with E-state index < -0.39 is 0 Å². The topological polar surface area (TPSA) is 47.3 Å². The molecule has 0 spiro atoms. The van der Waals surface area contributed by atoms with E-state index in [9.17, 15) is 9.59 Å². The molecule has 0 aliphatic carbocycles. The van der Waals surface area contributed by atoms with E-state index in [2.05, 4.69) is 0 Å². The molecule has 1 aromatic heterocycles. The van der Waals surface area contributed by atoms with Crippen LogP contribution in [0.4, 0.5) is 0 Å². The zero-order valence-electron chi connectivity index (χ0n) is 8.45. The summed E-state index contributed by atoms with van der Waals surface area (Å²) in [5.41, 5.74) is 0. The van der Waals surface area contributed by atoms with Gasteiger partial charge < -0.3 is 9.21 Å². The van der Waals surface area contributed by atoms with Crippen molar-refractivity contribution in [3.8, 4) is 0 Å². The summed E-state index contributed by atoms with van der Waals surface area (Å²) in [6, 6.07) is 3.59. The summed E-state index contributed by atoms with van der Waals surface area (Å²) in [5.74, 6) is 0.596.